The topological polar surface area (TPSA) is 52.6 Å². The number of hydrogen-bond acceptors (Lipinski definition) is 4. The fraction of sp³-hybridized carbons (Fsp3) is 0.846. The molecule has 0 aliphatic heterocycles. The number of esters is 2. The second kappa shape index (κ2) is 7.30. The number of hydrogen-bond donors (Lipinski definition) is 0. The number of carbonyl (C=O) groups is 2. The van der Waals surface area contributed by atoms with E-state index in [0.717, 1.165) is 6.42 Å². The van der Waals surface area contributed by atoms with Crippen LogP contribution in [0.15, 0.2) is 0 Å². The van der Waals surface area contributed by atoms with Crippen LogP contribution >= 0.6 is 0 Å². The van der Waals surface area contributed by atoms with Crippen LogP contribution in [0, 0.1) is 11.3 Å². The van der Waals surface area contributed by atoms with Crippen molar-refractivity contribution < 1.29 is 19.1 Å². The van der Waals surface area contributed by atoms with Crippen LogP contribution in [0.2, 0.25) is 0 Å². The molecule has 0 saturated carbocycles. The molecule has 0 aliphatic rings. The fourth-order valence-corrected chi connectivity index (χ4v) is 1.39. The first-order valence-corrected chi connectivity index (χ1v) is 6.15. The molecule has 0 aromatic heterocycles. The maximum Gasteiger partial charge on any atom is 0.320 e. The average Bonchev–Trinajstić information content (AvgIpc) is 2.16. The van der Waals surface area contributed by atoms with E-state index in [2.05, 4.69) is 20.8 Å². The van der Waals surface area contributed by atoms with Crippen molar-refractivity contribution >= 4 is 11.9 Å². The summed E-state index contributed by atoms with van der Waals surface area (Å²) in [5.41, 5.74) is 0.0806. The molecule has 17 heavy (non-hydrogen) atoms. The molecule has 0 unspecified atom stereocenters. The van der Waals surface area contributed by atoms with Crippen LogP contribution in [-0.4, -0.2) is 25.2 Å². The van der Waals surface area contributed by atoms with Crippen molar-refractivity contribution in [2.45, 2.75) is 47.5 Å². The predicted molar refractivity (Wildman–Crippen MR) is 65.4 cm³/mol. The third-order valence-electron chi connectivity index (χ3n) is 2.33. The number of rotatable bonds is 6. The standard InChI is InChI=1S/C13H24O4/c1-6-16-11(14)10(12(15)17-7-2)8-9-13(3,4)5/h10H,6-9H2,1-5H3. The molecule has 4 nitrogen and oxygen atoms in total. The van der Waals surface area contributed by atoms with E-state index in [9.17, 15) is 9.59 Å². The molecule has 0 saturated heterocycles. The molecule has 0 aromatic carbocycles. The van der Waals surface area contributed by atoms with Gasteiger partial charge in [-0.15, -0.1) is 0 Å². The van der Waals surface area contributed by atoms with Gasteiger partial charge in [-0.3, -0.25) is 9.59 Å². The first kappa shape index (κ1) is 15.9. The van der Waals surface area contributed by atoms with Gasteiger partial charge >= 0.3 is 11.9 Å². The van der Waals surface area contributed by atoms with Crippen molar-refractivity contribution in [1.29, 1.82) is 0 Å². The first-order valence-electron chi connectivity index (χ1n) is 6.15. The maximum absolute atomic E-state index is 11.7. The van der Waals surface area contributed by atoms with Gasteiger partial charge in [-0.25, -0.2) is 0 Å². The second-order valence-corrected chi connectivity index (χ2v) is 5.16. The van der Waals surface area contributed by atoms with Crippen LogP contribution in [0.1, 0.15) is 47.5 Å². The SMILES string of the molecule is CCOC(=O)C(CCC(C)(C)C)C(=O)OCC. The number of ether oxygens (including phenoxy) is 2. The Balaban J connectivity index is 4.50. The summed E-state index contributed by atoms with van der Waals surface area (Å²) in [4.78, 5) is 23.3. The molecule has 0 fully saturated rings. The van der Waals surface area contributed by atoms with Gasteiger partial charge in [0.1, 0.15) is 0 Å². The molecule has 4 heteroatoms. The number of carbonyl (C=O) groups excluding carboxylic acids is 2. The van der Waals surface area contributed by atoms with Crippen LogP contribution in [-0.2, 0) is 19.1 Å². The minimum atomic E-state index is -0.783. The maximum atomic E-state index is 11.7. The second-order valence-electron chi connectivity index (χ2n) is 5.16. The molecule has 0 amide bonds. The smallest absolute Gasteiger partial charge is 0.320 e. The van der Waals surface area contributed by atoms with Gasteiger partial charge in [0, 0.05) is 0 Å². The molecule has 0 heterocycles. The zero-order valence-corrected chi connectivity index (χ0v) is 11.5. The normalized spacial score (nSPS) is 11.4. The molecule has 0 rings (SSSR count). The summed E-state index contributed by atoms with van der Waals surface area (Å²) in [5.74, 6) is -1.74. The van der Waals surface area contributed by atoms with Gasteiger partial charge in [0.15, 0.2) is 5.92 Å². The monoisotopic (exact) mass is 244 g/mol. The lowest BCUT2D eigenvalue weighted by atomic mass is 9.86. The lowest BCUT2D eigenvalue weighted by Crippen LogP contribution is -2.29. The Hall–Kier alpha value is -1.06. The van der Waals surface area contributed by atoms with E-state index in [0.29, 0.717) is 6.42 Å². The summed E-state index contributed by atoms with van der Waals surface area (Å²) < 4.78 is 9.79. The zero-order valence-electron chi connectivity index (χ0n) is 11.5. The molecular weight excluding hydrogens is 220 g/mol. The summed E-state index contributed by atoms with van der Waals surface area (Å²) >= 11 is 0. The quantitative estimate of drug-likeness (QED) is 0.532. The highest BCUT2D eigenvalue weighted by Gasteiger charge is 2.30. The molecule has 0 radical (unpaired) electrons. The van der Waals surface area contributed by atoms with E-state index in [1.165, 1.54) is 0 Å². The van der Waals surface area contributed by atoms with Gasteiger partial charge in [-0.1, -0.05) is 20.8 Å². The zero-order chi connectivity index (χ0) is 13.5. The highest BCUT2D eigenvalue weighted by atomic mass is 16.6. The summed E-state index contributed by atoms with van der Waals surface area (Å²) in [5, 5.41) is 0. The Bertz CT molecular complexity index is 235. The highest BCUT2D eigenvalue weighted by Crippen LogP contribution is 2.24. The van der Waals surface area contributed by atoms with Crippen molar-refractivity contribution in [2.24, 2.45) is 11.3 Å². The first-order chi connectivity index (χ1) is 7.81. The van der Waals surface area contributed by atoms with Crippen molar-refractivity contribution in [2.75, 3.05) is 13.2 Å². The van der Waals surface area contributed by atoms with E-state index in [1.807, 2.05) is 0 Å². The van der Waals surface area contributed by atoms with Gasteiger partial charge < -0.3 is 9.47 Å². The molecule has 0 aromatic rings. The Kier molecular flexibility index (Phi) is 6.85. The average molecular weight is 244 g/mol. The minimum Gasteiger partial charge on any atom is -0.465 e. The molecule has 0 atom stereocenters. The van der Waals surface area contributed by atoms with Crippen molar-refractivity contribution in [3.8, 4) is 0 Å². The minimum absolute atomic E-state index is 0.0806. The molecular formula is C13H24O4. The van der Waals surface area contributed by atoms with Gasteiger partial charge in [0.2, 0.25) is 0 Å². The summed E-state index contributed by atoms with van der Waals surface area (Å²) in [7, 11) is 0. The van der Waals surface area contributed by atoms with Crippen LogP contribution in [0.4, 0.5) is 0 Å². The third kappa shape index (κ3) is 6.97. The Morgan fingerprint density at radius 2 is 1.41 bits per heavy atom. The largest absolute Gasteiger partial charge is 0.465 e. The molecule has 0 bridgehead atoms. The van der Waals surface area contributed by atoms with E-state index in [-0.39, 0.29) is 18.6 Å². The summed E-state index contributed by atoms with van der Waals surface area (Å²) in [6.45, 7) is 10.2. The highest BCUT2D eigenvalue weighted by molar-refractivity contribution is 5.94. The molecule has 0 aliphatic carbocycles. The van der Waals surface area contributed by atoms with Crippen molar-refractivity contribution in [3.63, 3.8) is 0 Å². The molecule has 0 spiro atoms. The van der Waals surface area contributed by atoms with Gasteiger partial charge in [-0.2, -0.15) is 0 Å². The van der Waals surface area contributed by atoms with Crippen molar-refractivity contribution in [1.82, 2.24) is 0 Å². The van der Waals surface area contributed by atoms with Crippen LogP contribution < -0.4 is 0 Å². The van der Waals surface area contributed by atoms with Gasteiger partial charge in [0.25, 0.3) is 0 Å². The van der Waals surface area contributed by atoms with Crippen LogP contribution in [0.3, 0.4) is 0 Å². The van der Waals surface area contributed by atoms with Crippen LogP contribution in [0.25, 0.3) is 0 Å². The van der Waals surface area contributed by atoms with Crippen molar-refractivity contribution in [3.05, 3.63) is 0 Å². The predicted octanol–water partition coefficient (Wildman–Crippen LogP) is 2.56. The van der Waals surface area contributed by atoms with Crippen LogP contribution in [0.5, 0.6) is 0 Å². The van der Waals surface area contributed by atoms with E-state index < -0.39 is 17.9 Å². The lowest BCUT2D eigenvalue weighted by molar-refractivity contribution is -0.162. The Labute approximate surface area is 104 Å². The van der Waals surface area contributed by atoms with Gasteiger partial charge in [-0.05, 0) is 32.1 Å². The van der Waals surface area contributed by atoms with Gasteiger partial charge in [0.05, 0.1) is 13.2 Å². The van der Waals surface area contributed by atoms with E-state index >= 15 is 0 Å². The molecule has 100 valence electrons. The Morgan fingerprint density at radius 1 is 1.00 bits per heavy atom. The summed E-state index contributed by atoms with van der Waals surface area (Å²) in [6.07, 6.45) is 1.25. The molecule has 0 N–H and O–H groups in total. The van der Waals surface area contributed by atoms with E-state index in [4.69, 9.17) is 9.47 Å². The third-order valence-corrected chi connectivity index (χ3v) is 2.33. The fourth-order valence-electron chi connectivity index (χ4n) is 1.39. The van der Waals surface area contributed by atoms with E-state index in [1.54, 1.807) is 13.8 Å². The Morgan fingerprint density at radius 3 is 1.71 bits per heavy atom. The summed E-state index contributed by atoms with van der Waals surface area (Å²) in [6, 6.07) is 0. The lowest BCUT2D eigenvalue weighted by Gasteiger charge is -2.21.